The van der Waals surface area contributed by atoms with E-state index < -0.39 is 0 Å². The molecule has 0 radical (unpaired) electrons. The van der Waals surface area contributed by atoms with Crippen LogP contribution in [0.5, 0.6) is 23.1 Å². The Morgan fingerprint density at radius 2 is 1.82 bits per heavy atom. The van der Waals surface area contributed by atoms with E-state index in [2.05, 4.69) is 20.2 Å². The number of carbonyl (C=O) groups excluding carboxylic acids is 1. The van der Waals surface area contributed by atoms with Crippen molar-refractivity contribution >= 4 is 11.7 Å². The highest BCUT2D eigenvalue weighted by Crippen LogP contribution is 2.31. The Balaban J connectivity index is 1.26. The number of aromatic nitrogens is 2. The number of para-hydroxylation sites is 2. The van der Waals surface area contributed by atoms with E-state index in [1.165, 1.54) is 0 Å². The van der Waals surface area contributed by atoms with Crippen LogP contribution in [0.2, 0.25) is 0 Å². The number of nitrogens with zero attached hydrogens (tertiary/aromatic N) is 3. The highest BCUT2D eigenvalue weighted by atomic mass is 16.5. The van der Waals surface area contributed by atoms with Crippen molar-refractivity contribution in [3.05, 3.63) is 66.5 Å². The Kier molecular flexibility index (Phi) is 7.80. The van der Waals surface area contributed by atoms with Crippen molar-refractivity contribution in [3.8, 4) is 23.1 Å². The summed E-state index contributed by atoms with van der Waals surface area (Å²) in [6.45, 7) is 4.25. The lowest BCUT2D eigenvalue weighted by Crippen LogP contribution is -2.41. The minimum absolute atomic E-state index is 0.0414. The van der Waals surface area contributed by atoms with Gasteiger partial charge in [-0.2, -0.15) is 0 Å². The summed E-state index contributed by atoms with van der Waals surface area (Å²) >= 11 is 0. The molecule has 2 heterocycles. The number of hydrogen-bond donors (Lipinski definition) is 1. The van der Waals surface area contributed by atoms with Gasteiger partial charge in [0.2, 0.25) is 5.91 Å². The third-order valence-corrected chi connectivity index (χ3v) is 5.74. The van der Waals surface area contributed by atoms with Crippen molar-refractivity contribution < 1.29 is 19.0 Å². The van der Waals surface area contributed by atoms with Crippen LogP contribution < -0.4 is 24.4 Å². The van der Waals surface area contributed by atoms with Crippen LogP contribution in [0.25, 0.3) is 0 Å². The van der Waals surface area contributed by atoms with Crippen LogP contribution in [0.4, 0.5) is 5.82 Å². The first-order valence-corrected chi connectivity index (χ1v) is 11.5. The van der Waals surface area contributed by atoms with Gasteiger partial charge in [-0.25, -0.2) is 9.97 Å². The average Bonchev–Trinajstić information content (AvgIpc) is 2.87. The first-order chi connectivity index (χ1) is 16.6. The van der Waals surface area contributed by atoms with Gasteiger partial charge in [-0.3, -0.25) is 4.79 Å². The second-order valence-electron chi connectivity index (χ2n) is 8.16. The zero-order chi connectivity index (χ0) is 23.8. The number of carbonyl (C=O) groups is 1. The summed E-state index contributed by atoms with van der Waals surface area (Å²) in [5.41, 5.74) is 1.11. The average molecular weight is 463 g/mol. The molecular weight excluding hydrogens is 432 g/mol. The molecule has 3 aromatic rings. The van der Waals surface area contributed by atoms with Gasteiger partial charge < -0.3 is 24.4 Å². The van der Waals surface area contributed by atoms with Gasteiger partial charge in [0.25, 0.3) is 5.88 Å². The second-order valence-corrected chi connectivity index (χ2v) is 8.16. The molecule has 1 aliphatic heterocycles. The molecule has 8 nitrogen and oxygen atoms in total. The smallest absolute Gasteiger partial charge is 0.263 e. The maximum atomic E-state index is 12.7. The molecule has 34 heavy (non-hydrogen) atoms. The molecule has 1 aromatic heterocycles. The van der Waals surface area contributed by atoms with Crippen LogP contribution in [0.15, 0.2) is 60.9 Å². The molecule has 0 aliphatic carbocycles. The molecule has 2 aromatic carbocycles. The van der Waals surface area contributed by atoms with Gasteiger partial charge in [-0.1, -0.05) is 24.3 Å². The minimum Gasteiger partial charge on any atom is -0.493 e. The summed E-state index contributed by atoms with van der Waals surface area (Å²) in [5.74, 6) is 3.26. The fraction of sp³-hybridized carbons (Fsp3) is 0.346. The first-order valence-electron chi connectivity index (χ1n) is 11.5. The summed E-state index contributed by atoms with van der Waals surface area (Å²) in [5, 5.41) is 2.99. The van der Waals surface area contributed by atoms with Crippen LogP contribution >= 0.6 is 0 Å². The van der Waals surface area contributed by atoms with E-state index in [1.807, 2.05) is 55.5 Å². The fourth-order valence-corrected chi connectivity index (χ4v) is 3.97. The Labute approximate surface area is 199 Å². The molecule has 1 N–H and O–H groups in total. The number of aryl methyl sites for hydroxylation is 1. The predicted octanol–water partition coefficient (Wildman–Crippen LogP) is 4.00. The normalized spacial score (nSPS) is 13.9. The number of benzene rings is 2. The van der Waals surface area contributed by atoms with E-state index in [0.29, 0.717) is 49.4 Å². The van der Waals surface area contributed by atoms with Gasteiger partial charge in [0, 0.05) is 31.4 Å². The zero-order valence-electron chi connectivity index (χ0n) is 19.6. The van der Waals surface area contributed by atoms with Crippen LogP contribution in [-0.4, -0.2) is 49.2 Å². The molecule has 0 spiro atoms. The molecule has 4 rings (SSSR count). The molecule has 0 bridgehead atoms. The Hall–Kier alpha value is -3.81. The van der Waals surface area contributed by atoms with Crippen molar-refractivity contribution in [1.82, 2.24) is 15.3 Å². The maximum absolute atomic E-state index is 12.7. The lowest BCUT2D eigenvalue weighted by Gasteiger charge is -2.32. The summed E-state index contributed by atoms with van der Waals surface area (Å²) in [6, 6.07) is 15.3. The van der Waals surface area contributed by atoms with Gasteiger partial charge in [0.05, 0.1) is 13.7 Å². The Morgan fingerprint density at radius 1 is 1.06 bits per heavy atom. The van der Waals surface area contributed by atoms with Gasteiger partial charge in [-0.05, 0) is 49.6 Å². The molecule has 1 aliphatic rings. The highest BCUT2D eigenvalue weighted by Gasteiger charge is 2.27. The topological polar surface area (TPSA) is 85.8 Å². The first kappa shape index (κ1) is 23.4. The van der Waals surface area contributed by atoms with E-state index >= 15 is 0 Å². The molecule has 1 fully saturated rings. The van der Waals surface area contributed by atoms with Crippen molar-refractivity contribution in [2.45, 2.75) is 19.8 Å². The van der Waals surface area contributed by atoms with Gasteiger partial charge in [-0.15, -0.1) is 0 Å². The third-order valence-electron chi connectivity index (χ3n) is 5.74. The zero-order valence-corrected chi connectivity index (χ0v) is 19.6. The number of ether oxygens (including phenoxy) is 3. The van der Waals surface area contributed by atoms with Gasteiger partial charge in [0.1, 0.15) is 12.4 Å². The fourth-order valence-electron chi connectivity index (χ4n) is 3.97. The molecule has 1 saturated heterocycles. The third kappa shape index (κ3) is 5.95. The van der Waals surface area contributed by atoms with Crippen LogP contribution in [0, 0.1) is 12.8 Å². The molecular formula is C26H30N4O4. The van der Waals surface area contributed by atoms with Crippen molar-refractivity contribution in [2.24, 2.45) is 5.92 Å². The lowest BCUT2D eigenvalue weighted by molar-refractivity contribution is -0.125. The minimum atomic E-state index is -0.0414. The van der Waals surface area contributed by atoms with Gasteiger partial charge >= 0.3 is 0 Å². The highest BCUT2D eigenvalue weighted by molar-refractivity contribution is 5.79. The van der Waals surface area contributed by atoms with Crippen LogP contribution in [0.1, 0.15) is 18.4 Å². The largest absolute Gasteiger partial charge is 0.493 e. The molecule has 1 amide bonds. The summed E-state index contributed by atoms with van der Waals surface area (Å²) in [4.78, 5) is 23.7. The van der Waals surface area contributed by atoms with E-state index in [0.717, 1.165) is 24.2 Å². The lowest BCUT2D eigenvalue weighted by atomic mass is 9.96. The Bertz CT molecular complexity index is 1100. The number of rotatable bonds is 9. The van der Waals surface area contributed by atoms with Crippen LogP contribution in [0.3, 0.4) is 0 Å². The molecule has 178 valence electrons. The number of methoxy groups -OCH3 is 1. The van der Waals surface area contributed by atoms with E-state index in [-0.39, 0.29) is 11.8 Å². The SMILES string of the molecule is COc1ccccc1OCCNC(=O)C1CCN(c2nccnc2Oc2cccc(C)c2)CC1. The van der Waals surface area contributed by atoms with Gasteiger partial charge in [0.15, 0.2) is 17.3 Å². The summed E-state index contributed by atoms with van der Waals surface area (Å²) < 4.78 is 17.0. The number of nitrogens with one attached hydrogen (secondary N) is 1. The standard InChI is InChI=1S/C26H30N4O4/c1-19-6-5-7-21(18-19)34-26-24(27-12-13-29-26)30-15-10-20(11-16-30)25(31)28-14-17-33-23-9-4-3-8-22(23)32-2/h3-9,12-13,18,20H,10-11,14-17H2,1-2H3,(H,28,31). The Morgan fingerprint density at radius 3 is 2.59 bits per heavy atom. The number of amides is 1. The number of anilines is 1. The number of piperidine rings is 1. The summed E-state index contributed by atoms with van der Waals surface area (Å²) in [6.07, 6.45) is 4.76. The quantitative estimate of drug-likeness (QED) is 0.481. The molecule has 0 saturated carbocycles. The predicted molar refractivity (Wildman–Crippen MR) is 130 cm³/mol. The van der Waals surface area contributed by atoms with E-state index in [1.54, 1.807) is 19.5 Å². The van der Waals surface area contributed by atoms with E-state index in [9.17, 15) is 4.79 Å². The molecule has 8 heteroatoms. The second kappa shape index (κ2) is 11.4. The number of hydrogen-bond acceptors (Lipinski definition) is 7. The maximum Gasteiger partial charge on any atom is 0.263 e. The van der Waals surface area contributed by atoms with E-state index in [4.69, 9.17) is 14.2 Å². The van der Waals surface area contributed by atoms with Crippen LogP contribution in [-0.2, 0) is 4.79 Å². The van der Waals surface area contributed by atoms with Crippen molar-refractivity contribution in [3.63, 3.8) is 0 Å². The summed E-state index contributed by atoms with van der Waals surface area (Å²) in [7, 11) is 1.61. The monoisotopic (exact) mass is 462 g/mol. The van der Waals surface area contributed by atoms with Crippen molar-refractivity contribution in [2.75, 3.05) is 38.3 Å². The molecule has 0 atom stereocenters. The molecule has 0 unspecified atom stereocenters. The van der Waals surface area contributed by atoms with Crippen molar-refractivity contribution in [1.29, 1.82) is 0 Å².